The summed E-state index contributed by atoms with van der Waals surface area (Å²) in [6.07, 6.45) is -3.11. The van der Waals surface area contributed by atoms with Crippen molar-refractivity contribution in [3.8, 4) is 17.2 Å². The van der Waals surface area contributed by atoms with E-state index in [4.69, 9.17) is 11.6 Å². The van der Waals surface area contributed by atoms with Gasteiger partial charge in [-0.15, -0.1) is 10.2 Å². The van der Waals surface area contributed by atoms with Crippen LogP contribution in [-0.4, -0.2) is 63.4 Å². The van der Waals surface area contributed by atoms with Gasteiger partial charge in [-0.3, -0.25) is 9.36 Å². The van der Waals surface area contributed by atoms with Crippen LogP contribution in [0.15, 0.2) is 53.7 Å². The zero-order valence-corrected chi connectivity index (χ0v) is 20.3. The Morgan fingerprint density at radius 3 is 2.58 bits per heavy atom. The van der Waals surface area contributed by atoms with E-state index in [1.165, 1.54) is 41.5 Å². The van der Waals surface area contributed by atoms with Crippen molar-refractivity contribution in [3.63, 3.8) is 0 Å². The average molecular weight is 549 g/mol. The maximum absolute atomic E-state index is 13.1. The number of amides is 1. The van der Waals surface area contributed by atoms with Crippen LogP contribution in [-0.2, 0) is 13.1 Å². The first kappa shape index (κ1) is 25.6. The molecule has 5 rings (SSSR count). The summed E-state index contributed by atoms with van der Waals surface area (Å²) in [5, 5.41) is 21.4. The fourth-order valence-corrected chi connectivity index (χ4v) is 3.78. The summed E-state index contributed by atoms with van der Waals surface area (Å²) >= 11 is 5.91. The Morgan fingerprint density at radius 1 is 1.16 bits per heavy atom. The van der Waals surface area contributed by atoms with Crippen molar-refractivity contribution >= 4 is 17.5 Å². The zero-order chi connectivity index (χ0) is 27.0. The number of nitrogens with one attached hydrogen (secondary N) is 1. The molecule has 1 unspecified atom stereocenters. The molecule has 4 aromatic rings. The van der Waals surface area contributed by atoms with Gasteiger partial charge in [0.15, 0.2) is 23.6 Å². The second kappa shape index (κ2) is 10.0. The number of carbonyl (C=O) groups excluding carboxylic acids is 1. The molecular weight excluding hydrogens is 529 g/mol. The van der Waals surface area contributed by atoms with Crippen LogP contribution in [0, 0.1) is 0 Å². The summed E-state index contributed by atoms with van der Waals surface area (Å²) in [4.78, 5) is 34.0. The quantitative estimate of drug-likeness (QED) is 0.345. The van der Waals surface area contributed by atoms with Gasteiger partial charge in [0.2, 0.25) is 0 Å². The third-order valence-electron chi connectivity index (χ3n) is 5.75. The number of carbonyl (C=O) groups is 1. The van der Waals surface area contributed by atoms with Gasteiger partial charge in [-0.2, -0.15) is 13.2 Å². The van der Waals surface area contributed by atoms with Gasteiger partial charge in [-0.25, -0.2) is 24.1 Å². The molecule has 0 bridgehead atoms. The smallest absolute Gasteiger partial charge is 0.382 e. The monoisotopic (exact) mass is 548 g/mol. The summed E-state index contributed by atoms with van der Waals surface area (Å²) in [6, 6.07) is 9.33. The summed E-state index contributed by atoms with van der Waals surface area (Å²) in [5.41, 5.74) is -0.307. The molecule has 1 amide bonds. The first-order chi connectivity index (χ1) is 18.1. The highest BCUT2D eigenvalue weighted by Crippen LogP contribution is 2.24. The highest BCUT2D eigenvalue weighted by Gasteiger charge is 2.39. The van der Waals surface area contributed by atoms with Crippen molar-refractivity contribution in [3.05, 3.63) is 75.8 Å². The van der Waals surface area contributed by atoms with Gasteiger partial charge in [0.05, 0.1) is 12.1 Å². The van der Waals surface area contributed by atoms with Crippen LogP contribution >= 0.6 is 11.6 Å². The minimum Gasteiger partial charge on any atom is -0.382 e. The molecule has 0 saturated heterocycles. The van der Waals surface area contributed by atoms with Gasteiger partial charge in [0.25, 0.3) is 5.91 Å². The van der Waals surface area contributed by atoms with Gasteiger partial charge in [0.1, 0.15) is 12.9 Å². The van der Waals surface area contributed by atoms with Crippen LogP contribution in [0.4, 0.5) is 13.2 Å². The van der Waals surface area contributed by atoms with Crippen LogP contribution in [0.5, 0.6) is 0 Å². The second-order valence-electron chi connectivity index (χ2n) is 8.67. The van der Waals surface area contributed by atoms with E-state index in [0.717, 1.165) is 22.1 Å². The first-order valence-electron chi connectivity index (χ1n) is 11.5. The van der Waals surface area contributed by atoms with Gasteiger partial charge in [0, 0.05) is 22.8 Å². The summed E-state index contributed by atoms with van der Waals surface area (Å²) in [6.45, 7) is -1.35. The molecule has 38 heavy (non-hydrogen) atoms. The number of rotatable bonds is 8. The van der Waals surface area contributed by atoms with Crippen LogP contribution in [0.3, 0.4) is 0 Å². The molecule has 3 aromatic heterocycles. The highest BCUT2D eigenvalue weighted by molar-refractivity contribution is 6.30. The van der Waals surface area contributed by atoms with Crippen molar-refractivity contribution in [2.75, 3.05) is 0 Å². The summed E-state index contributed by atoms with van der Waals surface area (Å²) in [7, 11) is 0. The molecule has 0 aliphatic heterocycles. The van der Waals surface area contributed by atoms with Gasteiger partial charge in [-0.1, -0.05) is 11.6 Å². The molecule has 2 N–H and O–H groups in total. The van der Waals surface area contributed by atoms with E-state index < -0.39 is 24.5 Å². The standard InChI is InChI=1S/C23H20ClF3N8O3/c24-14-5-3-13(4-6-14)19-32-34(22(38)33(19)10-17(36)23(25,26)27)11-18-29-12-35(31-18)20-16(2-1-9-28-20)21(37)30-15-7-8-15/h1-6,9,12,15,17,36H,7-8,10-11H2,(H,30,37). The molecule has 1 aliphatic carbocycles. The maximum Gasteiger partial charge on any atom is 0.416 e. The van der Waals surface area contributed by atoms with E-state index in [1.807, 2.05) is 0 Å². The van der Waals surface area contributed by atoms with E-state index >= 15 is 0 Å². The molecule has 3 heterocycles. The molecular formula is C23H20ClF3N8O3. The third kappa shape index (κ3) is 5.45. The molecule has 1 aliphatic rings. The van der Waals surface area contributed by atoms with Crippen molar-refractivity contribution in [1.82, 2.24) is 39.4 Å². The zero-order valence-electron chi connectivity index (χ0n) is 19.5. The number of aliphatic hydroxyl groups is 1. The Balaban J connectivity index is 1.46. The fourth-order valence-electron chi connectivity index (χ4n) is 3.65. The van der Waals surface area contributed by atoms with Crippen molar-refractivity contribution in [2.45, 2.75) is 44.3 Å². The first-order valence-corrected chi connectivity index (χ1v) is 11.8. The Morgan fingerprint density at radius 2 is 1.89 bits per heavy atom. The number of hydrogen-bond donors (Lipinski definition) is 2. The number of halogens is 4. The molecule has 15 heteroatoms. The van der Waals surface area contributed by atoms with Crippen LogP contribution in [0.25, 0.3) is 17.2 Å². The predicted molar refractivity (Wildman–Crippen MR) is 128 cm³/mol. The number of hydrogen-bond acceptors (Lipinski definition) is 7. The lowest BCUT2D eigenvalue weighted by atomic mass is 10.2. The normalized spacial score (nSPS) is 14.4. The molecule has 1 saturated carbocycles. The minimum atomic E-state index is -4.94. The van der Waals surface area contributed by atoms with Crippen molar-refractivity contribution < 1.29 is 23.1 Å². The predicted octanol–water partition coefficient (Wildman–Crippen LogP) is 2.20. The Labute approximate surface area is 217 Å². The largest absolute Gasteiger partial charge is 0.416 e. The Kier molecular flexibility index (Phi) is 6.75. The lowest BCUT2D eigenvalue weighted by Crippen LogP contribution is -2.37. The summed E-state index contributed by atoms with van der Waals surface area (Å²) in [5.74, 6) is -0.0935. The Hall–Kier alpha value is -4.04. The number of aromatic nitrogens is 7. The molecule has 11 nitrogen and oxygen atoms in total. The van der Waals surface area contributed by atoms with Crippen molar-refractivity contribution in [2.24, 2.45) is 0 Å². The van der Waals surface area contributed by atoms with Gasteiger partial charge >= 0.3 is 11.9 Å². The molecule has 1 aromatic carbocycles. The minimum absolute atomic E-state index is 0.0926. The molecule has 1 atom stereocenters. The molecule has 198 valence electrons. The second-order valence-corrected chi connectivity index (χ2v) is 9.10. The van der Waals surface area contributed by atoms with Crippen LogP contribution < -0.4 is 11.0 Å². The number of alkyl halides is 3. The topological polar surface area (TPSA) is 133 Å². The highest BCUT2D eigenvalue weighted by atomic mass is 35.5. The van der Waals surface area contributed by atoms with E-state index in [1.54, 1.807) is 12.1 Å². The van der Waals surface area contributed by atoms with Crippen LogP contribution in [0.2, 0.25) is 5.02 Å². The number of benzene rings is 1. The van der Waals surface area contributed by atoms with Crippen molar-refractivity contribution in [1.29, 1.82) is 0 Å². The Bertz CT molecular complexity index is 1530. The third-order valence-corrected chi connectivity index (χ3v) is 6.00. The maximum atomic E-state index is 13.1. The molecule has 0 radical (unpaired) electrons. The number of nitrogens with zero attached hydrogens (tertiary/aromatic N) is 7. The van der Waals surface area contributed by atoms with Gasteiger partial charge < -0.3 is 10.4 Å². The van der Waals surface area contributed by atoms with E-state index in [-0.39, 0.29) is 41.5 Å². The molecule has 0 spiro atoms. The number of aliphatic hydroxyl groups excluding tert-OH is 1. The van der Waals surface area contributed by atoms with E-state index in [9.17, 15) is 27.9 Å². The SMILES string of the molecule is O=C(NC1CC1)c1cccnc1-n1cnc(Cn2nc(-c3ccc(Cl)cc3)n(CC(O)C(F)(F)F)c2=O)n1. The fraction of sp³-hybridized carbons (Fsp3) is 0.304. The lowest BCUT2D eigenvalue weighted by Gasteiger charge is -2.15. The number of pyridine rings is 1. The van der Waals surface area contributed by atoms with E-state index in [2.05, 4.69) is 25.5 Å². The average Bonchev–Trinajstić information content (AvgIpc) is 3.49. The molecule has 1 fully saturated rings. The summed E-state index contributed by atoms with van der Waals surface area (Å²) < 4.78 is 42.1. The van der Waals surface area contributed by atoms with Gasteiger partial charge in [-0.05, 0) is 49.2 Å². The van der Waals surface area contributed by atoms with E-state index in [0.29, 0.717) is 10.6 Å². The lowest BCUT2D eigenvalue weighted by molar-refractivity contribution is -0.207. The van der Waals surface area contributed by atoms with Crippen LogP contribution in [0.1, 0.15) is 29.0 Å².